The summed E-state index contributed by atoms with van der Waals surface area (Å²) in [4.78, 5) is 29.6. The van der Waals surface area contributed by atoms with Gasteiger partial charge in [0.2, 0.25) is 5.91 Å². The van der Waals surface area contributed by atoms with Gasteiger partial charge in [-0.25, -0.2) is 0 Å². The molecule has 4 bridgehead atoms. The van der Waals surface area contributed by atoms with Crippen LogP contribution in [-0.2, 0) is 9.53 Å². The van der Waals surface area contributed by atoms with Crippen molar-refractivity contribution in [1.82, 2.24) is 15.5 Å². The van der Waals surface area contributed by atoms with Crippen molar-refractivity contribution in [1.29, 1.82) is 0 Å². The van der Waals surface area contributed by atoms with Crippen molar-refractivity contribution in [3.05, 3.63) is 54.1 Å². The number of benzene rings is 2. The van der Waals surface area contributed by atoms with E-state index < -0.39 is 12.2 Å². The molecule has 2 aromatic rings. The summed E-state index contributed by atoms with van der Waals surface area (Å²) in [6.45, 7) is 3.61. The minimum atomic E-state index is -0.605. The fourth-order valence-corrected chi connectivity index (χ4v) is 7.07. The van der Waals surface area contributed by atoms with Crippen molar-refractivity contribution in [2.24, 2.45) is 5.92 Å². The molecule has 2 aromatic carbocycles. The van der Waals surface area contributed by atoms with Crippen LogP contribution >= 0.6 is 0 Å². The highest BCUT2D eigenvalue weighted by Gasteiger charge is 2.42. The summed E-state index contributed by atoms with van der Waals surface area (Å²) in [5, 5.41) is 17.0. The molecule has 8 heteroatoms. The first-order valence-electron chi connectivity index (χ1n) is 15.4. The summed E-state index contributed by atoms with van der Waals surface area (Å²) in [5.74, 6) is 1.05. The molecule has 0 aromatic heterocycles. The van der Waals surface area contributed by atoms with Crippen molar-refractivity contribution in [2.75, 3.05) is 19.7 Å². The van der Waals surface area contributed by atoms with Crippen molar-refractivity contribution < 1.29 is 24.2 Å². The van der Waals surface area contributed by atoms with Crippen LogP contribution in [-0.4, -0.2) is 78.0 Å². The zero-order chi connectivity index (χ0) is 28.3. The number of amides is 2. The van der Waals surface area contributed by atoms with Gasteiger partial charge in [0, 0.05) is 31.6 Å². The third-order valence-corrected chi connectivity index (χ3v) is 9.52. The molecule has 0 radical (unpaired) electrons. The molecule has 8 nitrogen and oxygen atoms in total. The van der Waals surface area contributed by atoms with Crippen molar-refractivity contribution in [3.8, 4) is 16.9 Å². The van der Waals surface area contributed by atoms with E-state index in [9.17, 15) is 14.7 Å². The number of ether oxygens (including phenoxy) is 2. The Kier molecular flexibility index (Phi) is 8.60. The van der Waals surface area contributed by atoms with Gasteiger partial charge in [-0.05, 0) is 74.1 Å². The predicted octanol–water partition coefficient (Wildman–Crippen LogP) is 3.91. The number of fused-ring (bicyclic) bond motifs is 5. The monoisotopic (exact) mass is 561 g/mol. The van der Waals surface area contributed by atoms with E-state index >= 15 is 0 Å². The number of nitrogens with one attached hydrogen (secondary N) is 2. The largest absolute Gasteiger partial charge is 0.493 e. The molecule has 4 aliphatic rings. The standard InChI is InChI=1S/C33H43N3O5/c1-21-7-10-25(11-8-21)36-20-24-18-28(36)33(39)34-19-31-29(37)14-12-26(41-31)15-16-40-30-17-23(22-5-3-2-4-6-22)9-13-27(30)32(38)35-24/h2-6,9,13,17,21,24-26,28-29,31,37H,7-8,10-12,14-16,18-20H2,1H3,(H,34,39)(H,35,38)/t21?,24-,25?,26-,28-,29-,31+/m0/s1. The smallest absolute Gasteiger partial charge is 0.255 e. The predicted molar refractivity (Wildman–Crippen MR) is 157 cm³/mol. The van der Waals surface area contributed by atoms with Gasteiger partial charge in [0.25, 0.3) is 5.91 Å². The van der Waals surface area contributed by atoms with E-state index in [2.05, 4.69) is 22.5 Å². The molecule has 220 valence electrons. The summed E-state index contributed by atoms with van der Waals surface area (Å²) in [6.07, 6.45) is 5.86. The van der Waals surface area contributed by atoms with Crippen LogP contribution < -0.4 is 15.4 Å². The van der Waals surface area contributed by atoms with Crippen LogP contribution in [0.5, 0.6) is 5.75 Å². The molecule has 2 amide bonds. The van der Waals surface area contributed by atoms with E-state index in [0.717, 1.165) is 43.2 Å². The van der Waals surface area contributed by atoms with Crippen LogP contribution in [0.2, 0.25) is 0 Å². The Labute approximate surface area is 242 Å². The van der Waals surface area contributed by atoms with Crippen LogP contribution in [0.4, 0.5) is 0 Å². The highest BCUT2D eigenvalue weighted by Crippen LogP contribution is 2.33. The Balaban J connectivity index is 1.29. The maximum Gasteiger partial charge on any atom is 0.255 e. The number of aliphatic hydroxyl groups is 1. The number of carbonyl (C=O) groups is 2. The number of aliphatic hydroxyl groups excluding tert-OH is 1. The van der Waals surface area contributed by atoms with Crippen molar-refractivity contribution in [3.63, 3.8) is 0 Å². The van der Waals surface area contributed by atoms with E-state index in [1.54, 1.807) is 0 Å². The SMILES string of the molecule is CC1CCC(N2C[C@@H]3C[C@H]2C(=O)NC[C@H]2O[C@H](CCOc4cc(-c5ccccc5)ccc4C(=O)N3)CC[C@@H]2O)CC1. The molecule has 1 aliphatic carbocycles. The van der Waals surface area contributed by atoms with Crippen LogP contribution in [0.3, 0.4) is 0 Å². The Bertz CT molecular complexity index is 1210. The van der Waals surface area contributed by atoms with Crippen LogP contribution in [0.15, 0.2) is 48.5 Å². The molecule has 0 spiro atoms. The second-order valence-electron chi connectivity index (χ2n) is 12.4. The number of carbonyl (C=O) groups excluding carboxylic acids is 2. The second-order valence-corrected chi connectivity index (χ2v) is 12.4. The highest BCUT2D eigenvalue weighted by molar-refractivity contribution is 5.98. The molecule has 3 N–H and O–H groups in total. The molecule has 0 unspecified atom stereocenters. The van der Waals surface area contributed by atoms with Crippen molar-refractivity contribution >= 4 is 11.8 Å². The third-order valence-electron chi connectivity index (χ3n) is 9.52. The van der Waals surface area contributed by atoms with E-state index in [4.69, 9.17) is 9.47 Å². The average Bonchev–Trinajstić information content (AvgIpc) is 3.41. The lowest BCUT2D eigenvalue weighted by Crippen LogP contribution is -2.52. The van der Waals surface area contributed by atoms with Crippen LogP contribution in [0, 0.1) is 5.92 Å². The topological polar surface area (TPSA) is 100 Å². The van der Waals surface area contributed by atoms with E-state index in [-0.39, 0.29) is 36.5 Å². The van der Waals surface area contributed by atoms with E-state index in [0.29, 0.717) is 55.7 Å². The number of hydrogen-bond acceptors (Lipinski definition) is 6. The summed E-state index contributed by atoms with van der Waals surface area (Å²) in [7, 11) is 0. The molecule has 1 saturated carbocycles. The maximum atomic E-state index is 13.7. The molecule has 41 heavy (non-hydrogen) atoms. The fraction of sp³-hybridized carbons (Fsp3) is 0.576. The maximum absolute atomic E-state index is 13.7. The van der Waals surface area contributed by atoms with Gasteiger partial charge < -0.3 is 25.2 Å². The molecule has 3 heterocycles. The van der Waals surface area contributed by atoms with Crippen LogP contribution in [0.1, 0.15) is 68.6 Å². The lowest BCUT2D eigenvalue weighted by atomic mass is 9.86. The summed E-state index contributed by atoms with van der Waals surface area (Å²) < 4.78 is 12.5. The van der Waals surface area contributed by atoms with Gasteiger partial charge in [0.05, 0.1) is 30.4 Å². The minimum Gasteiger partial charge on any atom is -0.493 e. The van der Waals surface area contributed by atoms with Crippen molar-refractivity contribution in [2.45, 2.75) is 94.7 Å². The first-order valence-corrected chi connectivity index (χ1v) is 15.4. The second kappa shape index (κ2) is 12.5. The Morgan fingerprint density at radius 1 is 0.927 bits per heavy atom. The lowest BCUT2D eigenvalue weighted by molar-refractivity contribution is -0.134. The Morgan fingerprint density at radius 3 is 2.54 bits per heavy atom. The molecular weight excluding hydrogens is 518 g/mol. The summed E-state index contributed by atoms with van der Waals surface area (Å²) in [5.41, 5.74) is 2.54. The molecular formula is C33H43N3O5. The zero-order valence-electron chi connectivity index (χ0n) is 24.0. The van der Waals surface area contributed by atoms with Crippen LogP contribution in [0.25, 0.3) is 11.1 Å². The lowest BCUT2D eigenvalue weighted by Gasteiger charge is -2.37. The number of hydrogen-bond donors (Lipinski definition) is 3. The summed E-state index contributed by atoms with van der Waals surface area (Å²) >= 11 is 0. The first-order chi connectivity index (χ1) is 19.9. The highest BCUT2D eigenvalue weighted by atomic mass is 16.5. The van der Waals surface area contributed by atoms with Gasteiger partial charge in [-0.2, -0.15) is 0 Å². The first kappa shape index (κ1) is 28.2. The third kappa shape index (κ3) is 6.45. The van der Waals surface area contributed by atoms with Gasteiger partial charge in [-0.15, -0.1) is 0 Å². The molecule has 3 aliphatic heterocycles. The Morgan fingerprint density at radius 2 is 1.73 bits per heavy atom. The van der Waals surface area contributed by atoms with E-state index in [1.807, 2.05) is 48.5 Å². The number of likely N-dealkylation sites (tertiary alicyclic amines) is 1. The normalized spacial score (nSPS) is 33.3. The van der Waals surface area contributed by atoms with Gasteiger partial charge in [-0.3, -0.25) is 14.5 Å². The average molecular weight is 562 g/mol. The summed E-state index contributed by atoms with van der Waals surface area (Å²) in [6, 6.07) is 15.7. The molecule has 2 saturated heterocycles. The number of rotatable bonds is 2. The Hall–Kier alpha value is -2.94. The quantitative estimate of drug-likeness (QED) is 0.514. The zero-order valence-corrected chi connectivity index (χ0v) is 24.0. The molecule has 3 fully saturated rings. The van der Waals surface area contributed by atoms with E-state index in [1.165, 1.54) is 0 Å². The minimum absolute atomic E-state index is 0.0402. The van der Waals surface area contributed by atoms with Gasteiger partial charge in [0.15, 0.2) is 0 Å². The fourth-order valence-electron chi connectivity index (χ4n) is 7.07. The number of nitrogens with zero attached hydrogens (tertiary/aromatic N) is 1. The molecule has 6 rings (SSSR count). The van der Waals surface area contributed by atoms with Gasteiger partial charge in [-0.1, -0.05) is 43.3 Å². The molecule has 5 atom stereocenters. The van der Waals surface area contributed by atoms with Gasteiger partial charge in [0.1, 0.15) is 11.9 Å². The van der Waals surface area contributed by atoms with Gasteiger partial charge >= 0.3 is 0 Å².